The zero-order valence-corrected chi connectivity index (χ0v) is 8.29. The number of hydroxylamine groups is 1. The van der Waals surface area contributed by atoms with Gasteiger partial charge < -0.3 is 15.1 Å². The van der Waals surface area contributed by atoms with E-state index in [1.54, 1.807) is 30.3 Å². The van der Waals surface area contributed by atoms with Crippen molar-refractivity contribution in [2.24, 2.45) is 0 Å². The number of rotatable bonds is 3. The first-order chi connectivity index (χ1) is 7.59. The number of amides is 1. The van der Waals surface area contributed by atoms with Gasteiger partial charge in [0.1, 0.15) is 0 Å². The second kappa shape index (κ2) is 5.72. The molecule has 3 N–H and O–H groups in total. The van der Waals surface area contributed by atoms with Crippen LogP contribution in [0.5, 0.6) is 0 Å². The summed E-state index contributed by atoms with van der Waals surface area (Å²) in [4.78, 5) is 25.2. The number of hydrogen-bond donors (Lipinski definition) is 3. The fourth-order valence-electron chi connectivity index (χ4n) is 1.08. The molecule has 0 heterocycles. The summed E-state index contributed by atoms with van der Waals surface area (Å²) in [5.74, 6) is -1.04. The summed E-state index contributed by atoms with van der Waals surface area (Å²) in [6.45, 7) is 0. The Kier molecular flexibility index (Phi) is 4.28. The molecular weight excluding hydrogens is 214 g/mol. The number of hydrogen-bond acceptors (Lipinski definition) is 4. The van der Waals surface area contributed by atoms with E-state index in [-0.39, 0.29) is 6.42 Å². The number of aliphatic hydroxyl groups excluding tert-OH is 1. The average Bonchev–Trinajstić information content (AvgIpc) is 2.27. The Morgan fingerprint density at radius 1 is 1.31 bits per heavy atom. The largest absolute Gasteiger partial charge is 0.463 e. The number of benzene rings is 1. The van der Waals surface area contributed by atoms with Crippen LogP contribution in [-0.2, 0) is 16.1 Å². The first-order valence-electron chi connectivity index (χ1n) is 4.51. The molecule has 1 aromatic rings. The van der Waals surface area contributed by atoms with Crippen LogP contribution in [0.2, 0.25) is 0 Å². The third kappa shape index (κ3) is 3.97. The van der Waals surface area contributed by atoms with E-state index in [4.69, 9.17) is 5.11 Å². The molecule has 0 aliphatic rings. The Hall–Kier alpha value is -2.08. The van der Waals surface area contributed by atoms with Crippen molar-refractivity contribution in [3.63, 3.8) is 0 Å². The summed E-state index contributed by atoms with van der Waals surface area (Å²) in [7, 11) is 0. The Bertz CT molecular complexity index is 365. The minimum Gasteiger partial charge on any atom is -0.463 e. The second-order valence-corrected chi connectivity index (χ2v) is 3.03. The van der Waals surface area contributed by atoms with Crippen molar-refractivity contribution in [1.29, 1.82) is 0 Å². The van der Waals surface area contributed by atoms with E-state index in [0.717, 1.165) is 5.56 Å². The Labute approximate surface area is 91.4 Å². The van der Waals surface area contributed by atoms with E-state index in [0.29, 0.717) is 0 Å². The normalized spacial score (nSPS) is 11.6. The lowest BCUT2D eigenvalue weighted by Crippen LogP contribution is -2.33. The van der Waals surface area contributed by atoms with E-state index >= 15 is 0 Å². The second-order valence-electron chi connectivity index (χ2n) is 3.03. The van der Waals surface area contributed by atoms with Gasteiger partial charge >= 0.3 is 12.1 Å². The summed E-state index contributed by atoms with van der Waals surface area (Å²) < 4.78 is 0. The topological polar surface area (TPSA) is 95.9 Å². The summed E-state index contributed by atoms with van der Waals surface area (Å²) in [6.07, 6.45) is -2.82. The number of aliphatic hydroxyl groups is 1. The van der Waals surface area contributed by atoms with Crippen LogP contribution in [0.25, 0.3) is 0 Å². The maximum absolute atomic E-state index is 11.1. The molecule has 1 rings (SSSR count). The molecule has 6 nitrogen and oxygen atoms in total. The van der Waals surface area contributed by atoms with Gasteiger partial charge in [-0.05, 0) is 5.56 Å². The molecule has 0 fully saturated rings. The predicted molar refractivity (Wildman–Crippen MR) is 53.4 cm³/mol. The first-order valence-corrected chi connectivity index (χ1v) is 4.51. The van der Waals surface area contributed by atoms with Gasteiger partial charge in [0.2, 0.25) is 0 Å². The van der Waals surface area contributed by atoms with Crippen LogP contribution in [0.3, 0.4) is 0 Å². The summed E-state index contributed by atoms with van der Waals surface area (Å²) >= 11 is 0. The highest BCUT2D eigenvalue weighted by Gasteiger charge is 2.18. The highest BCUT2D eigenvalue weighted by atomic mass is 16.7. The van der Waals surface area contributed by atoms with Gasteiger partial charge in [-0.2, -0.15) is 0 Å². The molecule has 0 aliphatic carbocycles. The average molecular weight is 225 g/mol. The molecule has 0 aromatic heterocycles. The summed E-state index contributed by atoms with van der Waals surface area (Å²) in [6, 6.07) is 8.81. The molecule has 0 saturated heterocycles. The summed E-state index contributed by atoms with van der Waals surface area (Å²) in [5.41, 5.74) is 2.17. The van der Waals surface area contributed by atoms with Gasteiger partial charge in [-0.3, -0.25) is 0 Å². The van der Waals surface area contributed by atoms with Crippen molar-refractivity contribution in [2.75, 3.05) is 0 Å². The lowest BCUT2D eigenvalue weighted by Gasteiger charge is -2.08. The van der Waals surface area contributed by atoms with Crippen molar-refractivity contribution in [2.45, 2.75) is 12.5 Å². The number of carbonyl (C=O) groups is 2. The van der Waals surface area contributed by atoms with Gasteiger partial charge in [0.25, 0.3) is 0 Å². The van der Waals surface area contributed by atoms with Crippen LogP contribution in [0.15, 0.2) is 30.3 Å². The van der Waals surface area contributed by atoms with Gasteiger partial charge in [0.15, 0.2) is 6.10 Å². The number of nitrogens with one attached hydrogen (secondary N) is 1. The van der Waals surface area contributed by atoms with Crippen LogP contribution >= 0.6 is 0 Å². The van der Waals surface area contributed by atoms with Crippen molar-refractivity contribution < 1.29 is 24.6 Å². The molecule has 0 radical (unpaired) electrons. The quantitative estimate of drug-likeness (QED) is 0.643. The zero-order valence-electron chi connectivity index (χ0n) is 8.29. The molecule has 0 spiro atoms. The third-order valence-corrected chi connectivity index (χ3v) is 1.78. The van der Waals surface area contributed by atoms with Crippen LogP contribution in [0, 0.1) is 0 Å². The molecule has 1 unspecified atom stereocenters. The van der Waals surface area contributed by atoms with E-state index < -0.39 is 18.2 Å². The van der Waals surface area contributed by atoms with Gasteiger partial charge in [0.05, 0.1) is 0 Å². The van der Waals surface area contributed by atoms with E-state index in [9.17, 15) is 14.7 Å². The van der Waals surface area contributed by atoms with Crippen molar-refractivity contribution in [3.05, 3.63) is 35.9 Å². The monoisotopic (exact) mass is 225 g/mol. The van der Waals surface area contributed by atoms with Crippen LogP contribution in [0.1, 0.15) is 5.56 Å². The molecule has 86 valence electrons. The maximum atomic E-state index is 11.1. The minimum atomic E-state index is -1.50. The Morgan fingerprint density at radius 2 is 1.94 bits per heavy atom. The molecule has 0 saturated carbocycles. The van der Waals surface area contributed by atoms with Gasteiger partial charge in [-0.15, -0.1) is 5.48 Å². The Morgan fingerprint density at radius 3 is 2.50 bits per heavy atom. The molecule has 16 heavy (non-hydrogen) atoms. The molecule has 0 aliphatic heterocycles. The van der Waals surface area contributed by atoms with Gasteiger partial charge in [-0.25, -0.2) is 9.59 Å². The molecule has 0 bridgehead atoms. The molecule has 1 amide bonds. The number of carbonyl (C=O) groups excluding carboxylic acids is 1. The SMILES string of the molecule is O=C(O)NOC(=O)C(O)Cc1ccccc1. The molecule has 1 aromatic carbocycles. The standard InChI is InChI=1S/C10H11NO5/c12-8(9(13)16-11-10(14)15)6-7-4-2-1-3-5-7/h1-5,8,11-12H,6H2,(H,14,15). The molecule has 6 heteroatoms. The highest BCUT2D eigenvalue weighted by Crippen LogP contribution is 2.03. The van der Waals surface area contributed by atoms with Crippen molar-refractivity contribution >= 4 is 12.1 Å². The van der Waals surface area contributed by atoms with Crippen LogP contribution in [0.4, 0.5) is 4.79 Å². The first kappa shape index (κ1) is 12.0. The minimum absolute atomic E-state index is 0.0704. The summed E-state index contributed by atoms with van der Waals surface area (Å²) in [5, 5.41) is 17.5. The van der Waals surface area contributed by atoms with Crippen LogP contribution in [-0.4, -0.2) is 28.4 Å². The van der Waals surface area contributed by atoms with E-state index in [2.05, 4.69) is 4.84 Å². The fourth-order valence-corrected chi connectivity index (χ4v) is 1.08. The van der Waals surface area contributed by atoms with Crippen LogP contribution < -0.4 is 5.48 Å². The maximum Gasteiger partial charge on any atom is 0.438 e. The lowest BCUT2D eigenvalue weighted by molar-refractivity contribution is -0.159. The van der Waals surface area contributed by atoms with Gasteiger partial charge in [-0.1, -0.05) is 30.3 Å². The fraction of sp³-hybridized carbons (Fsp3) is 0.200. The highest BCUT2D eigenvalue weighted by molar-refractivity contribution is 5.76. The van der Waals surface area contributed by atoms with Gasteiger partial charge in [0, 0.05) is 6.42 Å². The third-order valence-electron chi connectivity index (χ3n) is 1.78. The number of carboxylic acid groups (broad SMARTS) is 1. The molecule has 1 atom stereocenters. The van der Waals surface area contributed by atoms with E-state index in [1.165, 1.54) is 5.48 Å². The lowest BCUT2D eigenvalue weighted by atomic mass is 10.1. The van der Waals surface area contributed by atoms with Crippen molar-refractivity contribution in [3.8, 4) is 0 Å². The van der Waals surface area contributed by atoms with E-state index in [1.807, 2.05) is 0 Å². The Balaban J connectivity index is 2.43. The van der Waals surface area contributed by atoms with Crippen molar-refractivity contribution in [1.82, 2.24) is 5.48 Å². The smallest absolute Gasteiger partial charge is 0.438 e. The molecular formula is C10H11NO5. The zero-order chi connectivity index (χ0) is 12.0. The predicted octanol–water partition coefficient (Wildman–Crippen LogP) is 0.316.